The molecule has 1 aliphatic rings. The minimum Gasteiger partial charge on any atom is -0.465 e. The van der Waals surface area contributed by atoms with Crippen LogP contribution in [0.15, 0.2) is 23.3 Å². The van der Waals surface area contributed by atoms with Gasteiger partial charge in [-0.1, -0.05) is 12.2 Å². The molecule has 4 heteroatoms. The number of hydrogen-bond donors (Lipinski definition) is 1. The minimum atomic E-state index is -1.02. The van der Waals surface area contributed by atoms with Gasteiger partial charge in [0.15, 0.2) is 6.29 Å². The summed E-state index contributed by atoms with van der Waals surface area (Å²) in [4.78, 5) is 11.3. The van der Waals surface area contributed by atoms with Crippen LogP contribution in [0.2, 0.25) is 0 Å². The second-order valence-corrected chi connectivity index (χ2v) is 2.96. The molecule has 0 bridgehead atoms. The average Bonchev–Trinajstić information content (AvgIpc) is 2.27. The van der Waals surface area contributed by atoms with Crippen LogP contribution in [0, 0.1) is 0 Å². The van der Waals surface area contributed by atoms with Crippen molar-refractivity contribution >= 4 is 5.97 Å². The molecule has 1 aliphatic carbocycles. The number of ether oxygens (including phenoxy) is 2. The number of aliphatic hydroxyl groups is 1. The molecule has 4 nitrogen and oxygen atoms in total. The van der Waals surface area contributed by atoms with Gasteiger partial charge in [-0.2, -0.15) is 0 Å². The Morgan fingerprint density at radius 1 is 1.57 bits per heavy atom. The van der Waals surface area contributed by atoms with Crippen molar-refractivity contribution in [2.75, 3.05) is 14.2 Å². The Morgan fingerprint density at radius 3 is 2.86 bits per heavy atom. The number of aliphatic hydroxyl groups excluding tert-OH is 1. The molecule has 1 rings (SSSR count). The van der Waals surface area contributed by atoms with Crippen molar-refractivity contribution < 1.29 is 19.4 Å². The largest absolute Gasteiger partial charge is 0.465 e. The lowest BCUT2D eigenvalue weighted by Gasteiger charge is -2.18. The van der Waals surface area contributed by atoms with Crippen molar-refractivity contribution in [3.05, 3.63) is 23.3 Å². The Hall–Kier alpha value is -1.13. The first kappa shape index (κ1) is 10.9. The predicted octanol–water partition coefficient (Wildman–Crippen LogP) is 0.771. The molecule has 0 saturated carbocycles. The van der Waals surface area contributed by atoms with Crippen LogP contribution in [0.1, 0.15) is 12.8 Å². The summed E-state index contributed by atoms with van der Waals surface area (Å²) in [5.41, 5.74) is 0.981. The summed E-state index contributed by atoms with van der Waals surface area (Å²) in [5.74, 6) is -0.438. The lowest BCUT2D eigenvalue weighted by Crippen LogP contribution is -2.19. The van der Waals surface area contributed by atoms with Gasteiger partial charge in [0.25, 0.3) is 0 Å². The summed E-state index contributed by atoms with van der Waals surface area (Å²) in [5, 5.41) is 9.48. The molecule has 0 aromatic heterocycles. The van der Waals surface area contributed by atoms with Crippen LogP contribution in [0.4, 0.5) is 0 Å². The summed E-state index contributed by atoms with van der Waals surface area (Å²) in [6.07, 6.45) is 3.94. The Balaban J connectivity index is 2.97. The van der Waals surface area contributed by atoms with Crippen LogP contribution >= 0.6 is 0 Å². The van der Waals surface area contributed by atoms with E-state index >= 15 is 0 Å². The molecule has 0 saturated heterocycles. The maximum absolute atomic E-state index is 11.3. The molecular weight excluding hydrogens is 184 g/mol. The van der Waals surface area contributed by atoms with Crippen molar-refractivity contribution in [3.8, 4) is 0 Å². The highest BCUT2D eigenvalue weighted by Gasteiger charge is 2.21. The van der Waals surface area contributed by atoms with Crippen LogP contribution in [0.5, 0.6) is 0 Å². The number of hydrogen-bond acceptors (Lipinski definition) is 4. The fraction of sp³-hybridized carbons (Fsp3) is 0.500. The summed E-state index contributed by atoms with van der Waals surface area (Å²) < 4.78 is 9.37. The summed E-state index contributed by atoms with van der Waals surface area (Å²) in [7, 11) is 2.71. The molecule has 1 N–H and O–H groups in total. The zero-order valence-corrected chi connectivity index (χ0v) is 8.32. The van der Waals surface area contributed by atoms with Crippen LogP contribution in [-0.4, -0.2) is 31.6 Å². The van der Waals surface area contributed by atoms with E-state index in [2.05, 4.69) is 4.74 Å². The van der Waals surface area contributed by atoms with Crippen molar-refractivity contribution in [1.82, 2.24) is 0 Å². The van der Waals surface area contributed by atoms with Gasteiger partial charge in [0.05, 0.1) is 12.7 Å². The normalized spacial score (nSPS) is 18.2. The molecule has 0 aromatic rings. The first-order chi connectivity index (χ1) is 6.70. The third kappa shape index (κ3) is 2.21. The van der Waals surface area contributed by atoms with E-state index in [1.54, 1.807) is 6.08 Å². The van der Waals surface area contributed by atoms with Gasteiger partial charge in [-0.3, -0.25) is 0 Å². The first-order valence-electron chi connectivity index (χ1n) is 4.39. The third-order valence-corrected chi connectivity index (χ3v) is 2.14. The van der Waals surface area contributed by atoms with Crippen LogP contribution in [0.25, 0.3) is 0 Å². The lowest BCUT2D eigenvalue weighted by atomic mass is 9.97. The monoisotopic (exact) mass is 198 g/mol. The van der Waals surface area contributed by atoms with E-state index < -0.39 is 12.3 Å². The van der Waals surface area contributed by atoms with E-state index in [1.807, 2.05) is 6.08 Å². The van der Waals surface area contributed by atoms with E-state index in [9.17, 15) is 9.90 Å². The Labute approximate surface area is 82.8 Å². The molecule has 0 spiro atoms. The molecular formula is C10H14O4. The van der Waals surface area contributed by atoms with Gasteiger partial charge in [0.2, 0.25) is 0 Å². The number of carbonyl (C=O) groups is 1. The molecule has 0 fully saturated rings. The second-order valence-electron chi connectivity index (χ2n) is 2.96. The van der Waals surface area contributed by atoms with E-state index in [4.69, 9.17) is 4.74 Å². The number of methoxy groups -OCH3 is 2. The van der Waals surface area contributed by atoms with Gasteiger partial charge in [0.1, 0.15) is 0 Å². The van der Waals surface area contributed by atoms with E-state index in [-0.39, 0.29) is 0 Å². The van der Waals surface area contributed by atoms with Gasteiger partial charge >= 0.3 is 5.97 Å². The molecule has 0 aromatic carbocycles. The molecule has 0 heterocycles. The zero-order chi connectivity index (χ0) is 10.6. The van der Waals surface area contributed by atoms with Crippen LogP contribution < -0.4 is 0 Å². The molecule has 78 valence electrons. The third-order valence-electron chi connectivity index (χ3n) is 2.14. The predicted molar refractivity (Wildman–Crippen MR) is 50.4 cm³/mol. The highest BCUT2D eigenvalue weighted by molar-refractivity contribution is 5.92. The van der Waals surface area contributed by atoms with Gasteiger partial charge in [0, 0.05) is 7.11 Å². The first-order valence-corrected chi connectivity index (χ1v) is 4.39. The van der Waals surface area contributed by atoms with Gasteiger partial charge in [-0.15, -0.1) is 0 Å². The fourth-order valence-corrected chi connectivity index (χ4v) is 1.39. The zero-order valence-electron chi connectivity index (χ0n) is 8.32. The van der Waals surface area contributed by atoms with Crippen LogP contribution in [0.3, 0.4) is 0 Å². The van der Waals surface area contributed by atoms with Crippen molar-refractivity contribution in [3.63, 3.8) is 0 Å². The topological polar surface area (TPSA) is 55.8 Å². The lowest BCUT2D eigenvalue weighted by molar-refractivity contribution is -0.136. The molecule has 0 unspecified atom stereocenters. The smallest absolute Gasteiger partial charge is 0.337 e. The maximum atomic E-state index is 11.3. The molecule has 0 aliphatic heterocycles. The van der Waals surface area contributed by atoms with Crippen molar-refractivity contribution in [2.24, 2.45) is 0 Å². The summed E-state index contributed by atoms with van der Waals surface area (Å²) in [6.45, 7) is 0. The maximum Gasteiger partial charge on any atom is 0.337 e. The van der Waals surface area contributed by atoms with Gasteiger partial charge in [-0.05, 0) is 18.4 Å². The minimum absolute atomic E-state index is 0.396. The number of rotatable bonds is 3. The van der Waals surface area contributed by atoms with Crippen molar-refractivity contribution in [2.45, 2.75) is 19.1 Å². The van der Waals surface area contributed by atoms with Crippen LogP contribution in [-0.2, 0) is 14.3 Å². The van der Waals surface area contributed by atoms with Gasteiger partial charge in [-0.25, -0.2) is 4.79 Å². The molecule has 0 radical (unpaired) electrons. The number of esters is 1. The van der Waals surface area contributed by atoms with Gasteiger partial charge < -0.3 is 14.6 Å². The average molecular weight is 198 g/mol. The van der Waals surface area contributed by atoms with Crippen molar-refractivity contribution in [1.29, 1.82) is 0 Å². The second kappa shape index (κ2) is 4.93. The molecule has 14 heavy (non-hydrogen) atoms. The summed E-state index contributed by atoms with van der Waals surface area (Å²) >= 11 is 0. The highest BCUT2D eigenvalue weighted by Crippen LogP contribution is 2.23. The van der Waals surface area contributed by atoms with E-state index in [1.165, 1.54) is 14.2 Å². The fourth-order valence-electron chi connectivity index (χ4n) is 1.39. The standard InChI is InChI=1S/C10H14O4/c1-13-9(11)7-5-3-4-6-8(7)10(12)14-2/h3,5,10,12H,4,6H2,1-2H3/t10-/m1/s1. The quantitative estimate of drug-likeness (QED) is 0.537. The number of carbonyl (C=O) groups excluding carboxylic acids is 1. The molecule has 0 amide bonds. The number of allylic oxidation sites excluding steroid dienone is 1. The Morgan fingerprint density at radius 2 is 2.29 bits per heavy atom. The summed E-state index contributed by atoms with van der Waals surface area (Å²) in [6, 6.07) is 0. The Kier molecular flexibility index (Phi) is 3.85. The highest BCUT2D eigenvalue weighted by atomic mass is 16.6. The molecule has 1 atom stereocenters. The Bertz CT molecular complexity index is 278. The van der Waals surface area contributed by atoms with E-state index in [0.29, 0.717) is 17.6 Å². The SMILES string of the molecule is COC(=O)C1=C([C@H](O)OC)CCC=C1. The van der Waals surface area contributed by atoms with E-state index in [0.717, 1.165) is 6.42 Å².